The third-order valence-corrected chi connectivity index (χ3v) is 4.61. The number of hydrogen-bond acceptors (Lipinski definition) is 1. The summed E-state index contributed by atoms with van der Waals surface area (Å²) in [5.74, 6) is -1.88. The van der Waals surface area contributed by atoms with Crippen molar-refractivity contribution in [3.05, 3.63) is 70.9 Å². The molecule has 0 radical (unpaired) electrons. The number of aromatic nitrogens is 1. The number of benzene rings is 2. The van der Waals surface area contributed by atoms with Crippen molar-refractivity contribution in [2.24, 2.45) is 0 Å². The minimum atomic E-state index is -0.812. The number of nitrogens with zero attached hydrogens (tertiary/aromatic N) is 1. The van der Waals surface area contributed by atoms with E-state index >= 15 is 0 Å². The van der Waals surface area contributed by atoms with Crippen molar-refractivity contribution in [2.45, 2.75) is 12.8 Å². The van der Waals surface area contributed by atoms with Crippen LogP contribution in [0.3, 0.4) is 0 Å². The largest absolute Gasteiger partial charge is 0.358 e. The Morgan fingerprint density at radius 3 is 2.67 bits per heavy atom. The fourth-order valence-corrected chi connectivity index (χ4v) is 3.40. The van der Waals surface area contributed by atoms with Crippen molar-refractivity contribution in [3.8, 4) is 0 Å². The monoisotopic (exact) mass is 326 g/mol. The second-order valence-electron chi connectivity index (χ2n) is 6.04. The van der Waals surface area contributed by atoms with Gasteiger partial charge in [0.05, 0.1) is 5.56 Å². The molecule has 3 nitrogen and oxygen atoms in total. The number of fused-ring (bicyclic) bond motifs is 3. The molecule has 0 unspecified atom stereocenters. The molecule has 0 spiro atoms. The molecule has 0 atom stereocenters. The number of halogens is 2. The van der Waals surface area contributed by atoms with Gasteiger partial charge in [0.2, 0.25) is 0 Å². The Balaban J connectivity index is 1.60. The average molecular weight is 326 g/mol. The number of amides is 1. The van der Waals surface area contributed by atoms with Crippen LogP contribution < -0.4 is 0 Å². The van der Waals surface area contributed by atoms with Gasteiger partial charge in [-0.05, 0) is 30.2 Å². The maximum absolute atomic E-state index is 13.9. The highest BCUT2D eigenvalue weighted by atomic mass is 19.1. The highest BCUT2D eigenvalue weighted by Crippen LogP contribution is 2.26. The average Bonchev–Trinajstić information content (AvgIpc) is 2.79. The lowest BCUT2D eigenvalue weighted by Gasteiger charge is -2.20. The Kier molecular flexibility index (Phi) is 3.56. The van der Waals surface area contributed by atoms with Gasteiger partial charge in [0.25, 0.3) is 5.91 Å². The maximum Gasteiger partial charge on any atom is 0.256 e. The van der Waals surface area contributed by atoms with Crippen LogP contribution in [0, 0.1) is 11.6 Å². The number of rotatable bonds is 1. The standard InChI is InChI=1S/C19H16F2N2O/c20-12-5-6-15(16(21)11-12)19(24)23-9-7-14-13-3-1-2-4-17(13)22-18(14)8-10-23/h1-6,11,22H,7-10H2. The minimum Gasteiger partial charge on any atom is -0.358 e. The van der Waals surface area contributed by atoms with E-state index in [0.29, 0.717) is 25.9 Å². The molecule has 1 aliphatic heterocycles. The first-order chi connectivity index (χ1) is 11.6. The molecule has 122 valence electrons. The van der Waals surface area contributed by atoms with E-state index in [9.17, 15) is 13.6 Å². The van der Waals surface area contributed by atoms with Gasteiger partial charge in [-0.3, -0.25) is 4.79 Å². The number of para-hydroxylation sites is 1. The fourth-order valence-electron chi connectivity index (χ4n) is 3.40. The summed E-state index contributed by atoms with van der Waals surface area (Å²) in [6.45, 7) is 1.03. The zero-order chi connectivity index (χ0) is 16.7. The summed E-state index contributed by atoms with van der Waals surface area (Å²) in [4.78, 5) is 17.6. The van der Waals surface area contributed by atoms with E-state index in [-0.39, 0.29) is 11.5 Å². The third kappa shape index (κ3) is 2.46. The molecule has 1 N–H and O–H groups in total. The fraction of sp³-hybridized carbons (Fsp3) is 0.211. The van der Waals surface area contributed by atoms with Gasteiger partial charge in [-0.2, -0.15) is 0 Å². The summed E-state index contributed by atoms with van der Waals surface area (Å²) < 4.78 is 26.9. The second kappa shape index (κ2) is 5.74. The van der Waals surface area contributed by atoms with Gasteiger partial charge in [0.1, 0.15) is 11.6 Å². The Morgan fingerprint density at radius 1 is 1.04 bits per heavy atom. The molecular weight excluding hydrogens is 310 g/mol. The van der Waals surface area contributed by atoms with Gasteiger partial charge in [0, 0.05) is 42.2 Å². The van der Waals surface area contributed by atoms with E-state index < -0.39 is 11.6 Å². The van der Waals surface area contributed by atoms with Crippen molar-refractivity contribution in [2.75, 3.05) is 13.1 Å². The van der Waals surface area contributed by atoms with Crippen LogP contribution in [0.2, 0.25) is 0 Å². The quantitative estimate of drug-likeness (QED) is 0.727. The van der Waals surface area contributed by atoms with Crippen molar-refractivity contribution in [1.29, 1.82) is 0 Å². The van der Waals surface area contributed by atoms with Gasteiger partial charge in [-0.15, -0.1) is 0 Å². The van der Waals surface area contributed by atoms with E-state index in [1.165, 1.54) is 17.0 Å². The molecular formula is C19H16F2N2O. The Hall–Kier alpha value is -2.69. The number of carbonyl (C=O) groups excluding carboxylic acids is 1. The number of hydrogen-bond donors (Lipinski definition) is 1. The van der Waals surface area contributed by atoms with E-state index in [1.807, 2.05) is 18.2 Å². The van der Waals surface area contributed by atoms with E-state index in [2.05, 4.69) is 11.1 Å². The van der Waals surface area contributed by atoms with Crippen LogP contribution in [-0.4, -0.2) is 28.9 Å². The third-order valence-electron chi connectivity index (χ3n) is 4.61. The van der Waals surface area contributed by atoms with Gasteiger partial charge in [-0.25, -0.2) is 8.78 Å². The van der Waals surface area contributed by atoms with Crippen molar-refractivity contribution in [3.63, 3.8) is 0 Å². The van der Waals surface area contributed by atoms with Crippen molar-refractivity contribution < 1.29 is 13.6 Å². The number of aromatic amines is 1. The molecule has 1 aliphatic rings. The molecule has 3 aromatic rings. The summed E-state index contributed by atoms with van der Waals surface area (Å²) in [6, 6.07) is 11.2. The van der Waals surface area contributed by atoms with Gasteiger partial charge >= 0.3 is 0 Å². The van der Waals surface area contributed by atoms with E-state index in [4.69, 9.17) is 0 Å². The summed E-state index contributed by atoms with van der Waals surface area (Å²) in [7, 11) is 0. The molecule has 0 bridgehead atoms. The van der Waals surface area contributed by atoms with Crippen molar-refractivity contribution in [1.82, 2.24) is 9.88 Å². The summed E-state index contributed by atoms with van der Waals surface area (Å²) in [6.07, 6.45) is 1.41. The Bertz CT molecular complexity index is 932. The minimum absolute atomic E-state index is 0.0770. The van der Waals surface area contributed by atoms with Gasteiger partial charge in [0.15, 0.2) is 0 Å². The molecule has 0 saturated carbocycles. The summed E-state index contributed by atoms with van der Waals surface area (Å²) in [5.41, 5.74) is 3.38. The zero-order valence-electron chi connectivity index (χ0n) is 13.0. The molecule has 2 aromatic carbocycles. The smallest absolute Gasteiger partial charge is 0.256 e. The van der Waals surface area contributed by atoms with Crippen LogP contribution in [0.4, 0.5) is 8.78 Å². The Morgan fingerprint density at radius 2 is 1.83 bits per heavy atom. The van der Waals surface area contributed by atoms with Gasteiger partial charge < -0.3 is 9.88 Å². The predicted molar refractivity (Wildman–Crippen MR) is 88.0 cm³/mol. The van der Waals surface area contributed by atoms with Crippen LogP contribution in [-0.2, 0) is 12.8 Å². The zero-order valence-corrected chi connectivity index (χ0v) is 13.0. The summed E-state index contributed by atoms with van der Waals surface area (Å²) >= 11 is 0. The lowest BCUT2D eigenvalue weighted by molar-refractivity contribution is 0.0758. The van der Waals surface area contributed by atoms with Crippen LogP contribution in [0.5, 0.6) is 0 Å². The molecule has 0 saturated heterocycles. The number of H-pyrrole nitrogens is 1. The summed E-state index contributed by atoms with van der Waals surface area (Å²) in [5, 5.41) is 1.18. The van der Waals surface area contributed by atoms with Crippen LogP contribution in [0.1, 0.15) is 21.6 Å². The highest BCUT2D eigenvalue weighted by Gasteiger charge is 2.24. The topological polar surface area (TPSA) is 36.1 Å². The molecule has 24 heavy (non-hydrogen) atoms. The lowest BCUT2D eigenvalue weighted by Crippen LogP contribution is -2.34. The maximum atomic E-state index is 13.9. The first-order valence-electron chi connectivity index (χ1n) is 7.96. The molecule has 5 heteroatoms. The SMILES string of the molecule is O=C(c1ccc(F)cc1F)N1CCc2[nH]c3ccccc3c2CC1. The van der Waals surface area contributed by atoms with E-state index in [0.717, 1.165) is 23.3 Å². The van der Waals surface area contributed by atoms with Crippen LogP contribution >= 0.6 is 0 Å². The molecule has 0 fully saturated rings. The van der Waals surface area contributed by atoms with Crippen molar-refractivity contribution >= 4 is 16.8 Å². The first kappa shape index (κ1) is 14.9. The van der Waals surface area contributed by atoms with Gasteiger partial charge in [-0.1, -0.05) is 18.2 Å². The van der Waals surface area contributed by atoms with Crippen LogP contribution in [0.15, 0.2) is 42.5 Å². The van der Waals surface area contributed by atoms with Crippen LogP contribution in [0.25, 0.3) is 10.9 Å². The normalized spacial score (nSPS) is 14.5. The molecule has 0 aliphatic carbocycles. The lowest BCUT2D eigenvalue weighted by atomic mass is 10.1. The molecule has 1 aromatic heterocycles. The number of nitrogens with one attached hydrogen (secondary N) is 1. The number of carbonyl (C=O) groups is 1. The predicted octanol–water partition coefficient (Wildman–Crippen LogP) is 3.69. The molecule has 2 heterocycles. The molecule has 1 amide bonds. The molecule has 4 rings (SSSR count). The second-order valence-corrected chi connectivity index (χ2v) is 6.04. The first-order valence-corrected chi connectivity index (χ1v) is 7.96. The highest BCUT2D eigenvalue weighted by molar-refractivity contribution is 5.94. The Labute approximate surface area is 137 Å². The van der Waals surface area contributed by atoms with E-state index in [1.54, 1.807) is 4.90 Å².